The zero-order valence-electron chi connectivity index (χ0n) is 16.0. The second kappa shape index (κ2) is 5.31. The van der Waals surface area contributed by atoms with E-state index in [4.69, 9.17) is 0 Å². The van der Waals surface area contributed by atoms with Crippen molar-refractivity contribution in [1.82, 2.24) is 9.88 Å². The summed E-state index contributed by atoms with van der Waals surface area (Å²) in [5.74, 6) is 2.31. The minimum atomic E-state index is 0.0487. The van der Waals surface area contributed by atoms with Gasteiger partial charge in [-0.2, -0.15) is 0 Å². The molecule has 1 saturated heterocycles. The van der Waals surface area contributed by atoms with E-state index in [9.17, 15) is 4.79 Å². The Kier molecular flexibility index (Phi) is 3.33. The van der Waals surface area contributed by atoms with Crippen molar-refractivity contribution in [2.24, 2.45) is 28.6 Å². The number of rotatable bonds is 1. The molecule has 1 aliphatic heterocycles. The molecular weight excluding hydrogens is 320 g/mol. The first-order chi connectivity index (χ1) is 12.4. The molecule has 3 nitrogen and oxygen atoms in total. The summed E-state index contributed by atoms with van der Waals surface area (Å²) in [4.78, 5) is 18.7. The van der Waals surface area contributed by atoms with E-state index < -0.39 is 0 Å². The zero-order chi connectivity index (χ0) is 18.1. The molecule has 2 fully saturated rings. The van der Waals surface area contributed by atoms with Crippen molar-refractivity contribution in [2.75, 3.05) is 7.05 Å². The van der Waals surface area contributed by atoms with Gasteiger partial charge < -0.3 is 4.90 Å². The molecule has 3 heteroatoms. The average Bonchev–Trinajstić information content (AvgIpc) is 3.10. The van der Waals surface area contributed by atoms with Gasteiger partial charge in [0.25, 0.3) is 0 Å². The molecule has 4 aliphatic rings. The fourth-order valence-electron chi connectivity index (χ4n) is 6.92. The lowest BCUT2D eigenvalue weighted by Gasteiger charge is -2.54. The summed E-state index contributed by atoms with van der Waals surface area (Å²) in [6.07, 6.45) is 14.2. The lowest BCUT2D eigenvalue weighted by Crippen LogP contribution is -2.47. The highest BCUT2D eigenvalue weighted by molar-refractivity contribution is 5.83. The van der Waals surface area contributed by atoms with Crippen molar-refractivity contribution in [1.29, 1.82) is 0 Å². The fraction of sp³-hybridized carbons (Fsp3) is 0.565. The number of hydrogen-bond acceptors (Lipinski definition) is 2. The summed E-state index contributed by atoms with van der Waals surface area (Å²) in [5.41, 5.74) is 4.40. The van der Waals surface area contributed by atoms with E-state index in [1.165, 1.54) is 36.1 Å². The van der Waals surface area contributed by atoms with Gasteiger partial charge in [0.2, 0.25) is 5.91 Å². The number of amides is 1. The van der Waals surface area contributed by atoms with Crippen molar-refractivity contribution in [2.45, 2.75) is 46.0 Å². The van der Waals surface area contributed by atoms with Crippen LogP contribution in [0.1, 0.15) is 51.5 Å². The van der Waals surface area contributed by atoms with Crippen LogP contribution in [-0.4, -0.2) is 22.8 Å². The third-order valence-corrected chi connectivity index (χ3v) is 8.23. The predicted octanol–water partition coefficient (Wildman–Crippen LogP) is 4.67. The first kappa shape index (κ1) is 16.3. The molecule has 0 radical (unpaired) electrons. The second-order valence-electron chi connectivity index (χ2n) is 9.30. The smallest absolute Gasteiger partial charge is 0.227 e. The summed E-state index contributed by atoms with van der Waals surface area (Å²) >= 11 is 0. The molecule has 5 atom stereocenters. The van der Waals surface area contributed by atoms with Gasteiger partial charge >= 0.3 is 0 Å². The third-order valence-electron chi connectivity index (χ3n) is 8.23. The Bertz CT molecular complexity index is 826. The molecule has 0 spiro atoms. The minimum absolute atomic E-state index is 0.0487. The molecule has 0 aromatic carbocycles. The Morgan fingerprint density at radius 3 is 2.77 bits per heavy atom. The van der Waals surface area contributed by atoms with Crippen LogP contribution < -0.4 is 0 Å². The number of fused-ring (bicyclic) bond motifs is 5. The van der Waals surface area contributed by atoms with Crippen molar-refractivity contribution < 1.29 is 4.79 Å². The topological polar surface area (TPSA) is 33.2 Å². The molecule has 2 heterocycles. The maximum atomic E-state index is 12.4. The summed E-state index contributed by atoms with van der Waals surface area (Å²) in [6, 6.07) is 4.26. The van der Waals surface area contributed by atoms with Gasteiger partial charge in [0.05, 0.1) is 0 Å². The van der Waals surface area contributed by atoms with E-state index in [0.29, 0.717) is 30.1 Å². The fourth-order valence-corrected chi connectivity index (χ4v) is 6.92. The number of pyridine rings is 1. The van der Waals surface area contributed by atoms with Crippen molar-refractivity contribution in [3.63, 3.8) is 0 Å². The predicted molar refractivity (Wildman–Crippen MR) is 103 cm³/mol. The molecule has 26 heavy (non-hydrogen) atoms. The molecular formula is C23H28N2O. The van der Waals surface area contributed by atoms with E-state index >= 15 is 0 Å². The minimum Gasteiger partial charge on any atom is -0.319 e. The maximum absolute atomic E-state index is 12.4. The van der Waals surface area contributed by atoms with E-state index in [1.807, 2.05) is 24.3 Å². The van der Waals surface area contributed by atoms with Crippen LogP contribution in [0.5, 0.6) is 0 Å². The standard InChI is InChI=1S/C23H28N2O/c1-22-11-10-19-16(6-9-20-23(19,2)13-21(26)25(20)3)18(22)8-7-17(22)15-5-4-12-24-14-15/h4-5,7,9,12,14,16,18-19H,6,8,10-11,13H2,1-3H3. The number of allylic oxidation sites excluding steroid dienone is 4. The van der Waals surface area contributed by atoms with E-state index in [-0.39, 0.29) is 10.8 Å². The van der Waals surface area contributed by atoms with Crippen molar-refractivity contribution in [3.05, 3.63) is 47.9 Å². The highest BCUT2D eigenvalue weighted by atomic mass is 16.2. The third kappa shape index (κ3) is 1.95. The summed E-state index contributed by atoms with van der Waals surface area (Å²) in [7, 11) is 1.96. The van der Waals surface area contributed by atoms with Gasteiger partial charge in [0.1, 0.15) is 0 Å². The van der Waals surface area contributed by atoms with Crippen LogP contribution in [0.2, 0.25) is 0 Å². The first-order valence-corrected chi connectivity index (χ1v) is 10.0. The number of nitrogens with zero attached hydrogens (tertiary/aromatic N) is 2. The Morgan fingerprint density at radius 2 is 2.00 bits per heavy atom. The molecule has 136 valence electrons. The monoisotopic (exact) mass is 348 g/mol. The van der Waals surface area contributed by atoms with Gasteiger partial charge in [-0.3, -0.25) is 9.78 Å². The van der Waals surface area contributed by atoms with E-state index in [1.54, 1.807) is 0 Å². The number of hydrogen-bond donors (Lipinski definition) is 0. The molecule has 1 saturated carbocycles. The molecule has 0 N–H and O–H groups in total. The van der Waals surface area contributed by atoms with Crippen LogP contribution >= 0.6 is 0 Å². The van der Waals surface area contributed by atoms with Crippen LogP contribution in [0.15, 0.2) is 42.4 Å². The molecule has 3 aliphatic carbocycles. The maximum Gasteiger partial charge on any atom is 0.227 e. The number of carbonyl (C=O) groups is 1. The Balaban J connectivity index is 1.50. The zero-order valence-corrected chi connectivity index (χ0v) is 16.0. The Labute approximate surface area is 156 Å². The van der Waals surface area contributed by atoms with Gasteiger partial charge in [0.15, 0.2) is 0 Å². The lowest BCUT2D eigenvalue weighted by atomic mass is 9.50. The molecule has 0 bridgehead atoms. The average molecular weight is 348 g/mol. The van der Waals surface area contributed by atoms with Crippen molar-refractivity contribution >= 4 is 11.5 Å². The van der Waals surface area contributed by atoms with Crippen LogP contribution in [0, 0.1) is 28.6 Å². The first-order valence-electron chi connectivity index (χ1n) is 10.0. The lowest BCUT2D eigenvalue weighted by molar-refractivity contribution is -0.126. The SMILES string of the molecule is CN1C(=O)CC2(C)C1=CCC1C3CC=C(c4cccnc4)C3(C)CCC12. The van der Waals surface area contributed by atoms with Crippen LogP contribution in [0.3, 0.4) is 0 Å². The van der Waals surface area contributed by atoms with Crippen molar-refractivity contribution in [3.8, 4) is 0 Å². The largest absolute Gasteiger partial charge is 0.319 e. The van der Waals surface area contributed by atoms with Crippen LogP contribution in [0.25, 0.3) is 5.57 Å². The number of carbonyl (C=O) groups excluding carboxylic acids is 1. The van der Waals surface area contributed by atoms with Gasteiger partial charge in [-0.25, -0.2) is 0 Å². The van der Waals surface area contributed by atoms with Gasteiger partial charge in [0, 0.05) is 37.0 Å². The molecule has 1 amide bonds. The molecule has 5 unspecified atom stereocenters. The van der Waals surface area contributed by atoms with Crippen LogP contribution in [0.4, 0.5) is 0 Å². The second-order valence-corrected chi connectivity index (χ2v) is 9.30. The van der Waals surface area contributed by atoms with Gasteiger partial charge in [-0.15, -0.1) is 0 Å². The van der Waals surface area contributed by atoms with Gasteiger partial charge in [-0.05, 0) is 66.1 Å². The highest BCUT2D eigenvalue weighted by Gasteiger charge is 2.59. The quantitative estimate of drug-likeness (QED) is 0.739. The van der Waals surface area contributed by atoms with E-state index in [2.05, 4.69) is 43.1 Å². The molecule has 1 aromatic heterocycles. The number of likely N-dealkylation sites (tertiary alicyclic amines) is 1. The molecule has 5 rings (SSSR count). The summed E-state index contributed by atoms with van der Waals surface area (Å²) in [6.45, 7) is 4.83. The van der Waals surface area contributed by atoms with Crippen LogP contribution in [-0.2, 0) is 4.79 Å². The summed E-state index contributed by atoms with van der Waals surface area (Å²) < 4.78 is 0. The van der Waals surface area contributed by atoms with Gasteiger partial charge in [-0.1, -0.05) is 32.1 Å². The normalized spacial score (nSPS) is 41.3. The summed E-state index contributed by atoms with van der Waals surface area (Å²) in [5, 5.41) is 0. The Hall–Kier alpha value is -1.90. The Morgan fingerprint density at radius 1 is 1.15 bits per heavy atom. The highest BCUT2D eigenvalue weighted by Crippen LogP contribution is 2.66. The number of aromatic nitrogens is 1. The molecule has 1 aromatic rings. The van der Waals surface area contributed by atoms with E-state index in [0.717, 1.165) is 6.42 Å².